The van der Waals surface area contributed by atoms with Crippen LogP contribution in [0.25, 0.3) is 11.2 Å². The Hall–Kier alpha value is -1.69. The van der Waals surface area contributed by atoms with Crippen LogP contribution in [0.4, 0.5) is 5.82 Å². The van der Waals surface area contributed by atoms with Gasteiger partial charge in [0.2, 0.25) is 0 Å². The van der Waals surface area contributed by atoms with Gasteiger partial charge in [-0.05, 0) is 12.8 Å². The first-order valence-electron chi connectivity index (χ1n) is 6.45. The van der Waals surface area contributed by atoms with Crippen LogP contribution < -0.4 is 11.1 Å². The highest BCUT2D eigenvalue weighted by molar-refractivity contribution is 5.82. The molecule has 0 saturated heterocycles. The summed E-state index contributed by atoms with van der Waals surface area (Å²) in [6, 6.07) is 0. The number of aromatic amines is 1. The molecule has 1 fully saturated rings. The van der Waals surface area contributed by atoms with E-state index in [0.29, 0.717) is 12.2 Å². The molecule has 2 aromatic heterocycles. The van der Waals surface area contributed by atoms with Crippen LogP contribution in [0, 0.1) is 0 Å². The average molecular weight is 246 g/mol. The van der Waals surface area contributed by atoms with Gasteiger partial charge in [0.05, 0.1) is 11.9 Å². The van der Waals surface area contributed by atoms with Gasteiger partial charge in [-0.2, -0.15) is 0 Å². The Morgan fingerprint density at radius 2 is 2.06 bits per heavy atom. The second kappa shape index (κ2) is 4.53. The van der Waals surface area contributed by atoms with Crippen LogP contribution in [0.15, 0.2) is 12.7 Å². The number of rotatable bonds is 3. The predicted octanol–water partition coefficient (Wildman–Crippen LogP) is 1.43. The molecule has 96 valence electrons. The van der Waals surface area contributed by atoms with Crippen molar-refractivity contribution in [2.24, 2.45) is 5.73 Å². The molecule has 0 atom stereocenters. The van der Waals surface area contributed by atoms with Crippen molar-refractivity contribution in [1.82, 2.24) is 19.9 Å². The van der Waals surface area contributed by atoms with Crippen molar-refractivity contribution in [1.29, 1.82) is 0 Å². The maximum absolute atomic E-state index is 5.97. The first-order chi connectivity index (χ1) is 8.83. The minimum atomic E-state index is -0.0232. The molecule has 0 radical (unpaired) electrons. The van der Waals surface area contributed by atoms with E-state index in [1.54, 1.807) is 12.7 Å². The molecule has 6 heteroatoms. The average Bonchev–Trinajstić information content (AvgIpc) is 2.89. The van der Waals surface area contributed by atoms with Gasteiger partial charge in [0, 0.05) is 6.54 Å². The molecular weight excluding hydrogens is 228 g/mol. The van der Waals surface area contributed by atoms with E-state index in [1.165, 1.54) is 19.3 Å². The number of anilines is 1. The number of nitrogens with two attached hydrogens (primary N) is 1. The van der Waals surface area contributed by atoms with E-state index < -0.39 is 0 Å². The lowest BCUT2D eigenvalue weighted by atomic mass is 9.81. The predicted molar refractivity (Wildman–Crippen MR) is 70.2 cm³/mol. The lowest BCUT2D eigenvalue weighted by molar-refractivity contribution is 0.330. The molecule has 18 heavy (non-hydrogen) atoms. The van der Waals surface area contributed by atoms with Crippen LogP contribution in [-0.2, 0) is 0 Å². The molecule has 6 nitrogen and oxygen atoms in total. The van der Waals surface area contributed by atoms with Crippen molar-refractivity contribution in [2.45, 2.75) is 37.6 Å². The van der Waals surface area contributed by atoms with Gasteiger partial charge >= 0.3 is 0 Å². The smallest absolute Gasteiger partial charge is 0.182 e. The molecule has 2 aromatic rings. The topological polar surface area (TPSA) is 92.5 Å². The Labute approximate surface area is 105 Å². The van der Waals surface area contributed by atoms with Crippen molar-refractivity contribution < 1.29 is 0 Å². The number of hydrogen-bond acceptors (Lipinski definition) is 5. The lowest BCUT2D eigenvalue weighted by Gasteiger charge is -2.37. The zero-order chi connectivity index (χ0) is 12.4. The zero-order valence-corrected chi connectivity index (χ0v) is 10.3. The second-order valence-electron chi connectivity index (χ2n) is 4.99. The number of nitrogens with zero attached hydrogens (tertiary/aromatic N) is 3. The number of imidazole rings is 1. The number of nitrogens with one attached hydrogen (secondary N) is 2. The van der Waals surface area contributed by atoms with Crippen LogP contribution in [0.3, 0.4) is 0 Å². The quantitative estimate of drug-likeness (QED) is 0.761. The number of fused-ring (bicyclic) bond motifs is 1. The highest BCUT2D eigenvalue weighted by Crippen LogP contribution is 2.31. The van der Waals surface area contributed by atoms with Gasteiger partial charge in [-0.1, -0.05) is 19.3 Å². The molecule has 0 bridgehead atoms. The molecule has 0 aromatic carbocycles. The van der Waals surface area contributed by atoms with Crippen LogP contribution in [0.2, 0.25) is 0 Å². The summed E-state index contributed by atoms with van der Waals surface area (Å²) >= 11 is 0. The van der Waals surface area contributed by atoms with E-state index in [4.69, 9.17) is 5.73 Å². The van der Waals surface area contributed by atoms with Crippen molar-refractivity contribution in [2.75, 3.05) is 11.9 Å². The van der Waals surface area contributed by atoms with Gasteiger partial charge in [-0.25, -0.2) is 15.0 Å². The maximum atomic E-state index is 5.97. The summed E-state index contributed by atoms with van der Waals surface area (Å²) in [5, 5.41) is 3.53. The fourth-order valence-corrected chi connectivity index (χ4v) is 2.72. The molecule has 0 spiro atoms. The normalized spacial score (nSPS) is 18.9. The summed E-state index contributed by atoms with van der Waals surface area (Å²) in [4.78, 5) is 15.7. The van der Waals surface area contributed by atoms with Gasteiger partial charge < -0.3 is 16.0 Å². The molecule has 1 aliphatic carbocycles. The van der Waals surface area contributed by atoms with Crippen molar-refractivity contribution >= 4 is 17.0 Å². The minimum Gasteiger partial charge on any atom is -0.361 e. The standard InChI is InChI=1S/C12H18N6/c13-6-12(4-2-1-3-5-12)18-11-9-10(15-7-14-9)16-8-17-11/h7-8H,1-6,13H2,(H2,14,15,16,17,18). The maximum Gasteiger partial charge on any atom is 0.182 e. The third-order valence-electron chi connectivity index (χ3n) is 3.81. The van der Waals surface area contributed by atoms with Crippen molar-refractivity contribution in [3.05, 3.63) is 12.7 Å². The summed E-state index contributed by atoms with van der Waals surface area (Å²) < 4.78 is 0. The lowest BCUT2D eigenvalue weighted by Crippen LogP contribution is -2.47. The van der Waals surface area contributed by atoms with E-state index in [-0.39, 0.29) is 5.54 Å². The van der Waals surface area contributed by atoms with Gasteiger partial charge in [-0.15, -0.1) is 0 Å². The summed E-state index contributed by atoms with van der Waals surface area (Å²) in [6.07, 6.45) is 9.13. The fourth-order valence-electron chi connectivity index (χ4n) is 2.72. The third kappa shape index (κ3) is 1.92. The molecule has 4 N–H and O–H groups in total. The Bertz CT molecular complexity index is 528. The minimum absolute atomic E-state index is 0.0232. The van der Waals surface area contributed by atoms with Crippen LogP contribution in [0.5, 0.6) is 0 Å². The molecule has 1 aliphatic rings. The summed E-state index contributed by atoms with van der Waals surface area (Å²) in [5.74, 6) is 0.810. The van der Waals surface area contributed by atoms with Gasteiger partial charge in [0.1, 0.15) is 11.8 Å². The third-order valence-corrected chi connectivity index (χ3v) is 3.81. The largest absolute Gasteiger partial charge is 0.361 e. The SMILES string of the molecule is NCC1(Nc2ncnc3nc[nH]c23)CCCCC1. The molecule has 1 saturated carbocycles. The Balaban J connectivity index is 1.92. The van der Waals surface area contributed by atoms with E-state index in [9.17, 15) is 0 Å². The number of hydrogen-bond donors (Lipinski definition) is 3. The van der Waals surface area contributed by atoms with Crippen LogP contribution in [0.1, 0.15) is 32.1 Å². The van der Waals surface area contributed by atoms with Crippen molar-refractivity contribution in [3.63, 3.8) is 0 Å². The van der Waals surface area contributed by atoms with E-state index in [2.05, 4.69) is 25.3 Å². The summed E-state index contributed by atoms with van der Waals surface area (Å²) in [5.41, 5.74) is 7.50. The van der Waals surface area contributed by atoms with Crippen LogP contribution in [-0.4, -0.2) is 32.0 Å². The Kier molecular flexibility index (Phi) is 2.87. The van der Waals surface area contributed by atoms with Gasteiger partial charge in [0.25, 0.3) is 0 Å². The summed E-state index contributed by atoms with van der Waals surface area (Å²) in [6.45, 7) is 0.632. The van der Waals surface area contributed by atoms with Crippen LogP contribution >= 0.6 is 0 Å². The van der Waals surface area contributed by atoms with Gasteiger partial charge in [0.15, 0.2) is 11.5 Å². The van der Waals surface area contributed by atoms with E-state index in [1.807, 2.05) is 0 Å². The first kappa shape index (κ1) is 11.4. The zero-order valence-electron chi connectivity index (χ0n) is 10.3. The fraction of sp³-hybridized carbons (Fsp3) is 0.583. The van der Waals surface area contributed by atoms with E-state index in [0.717, 1.165) is 24.2 Å². The number of aromatic nitrogens is 4. The first-order valence-corrected chi connectivity index (χ1v) is 6.45. The molecular formula is C12H18N6. The molecule has 0 amide bonds. The second-order valence-corrected chi connectivity index (χ2v) is 4.99. The molecule has 0 unspecified atom stereocenters. The van der Waals surface area contributed by atoms with Crippen molar-refractivity contribution in [3.8, 4) is 0 Å². The highest BCUT2D eigenvalue weighted by atomic mass is 15.1. The monoisotopic (exact) mass is 246 g/mol. The number of H-pyrrole nitrogens is 1. The Morgan fingerprint density at radius 3 is 2.83 bits per heavy atom. The highest BCUT2D eigenvalue weighted by Gasteiger charge is 2.31. The molecule has 2 heterocycles. The molecule has 3 rings (SSSR count). The van der Waals surface area contributed by atoms with Gasteiger partial charge in [-0.3, -0.25) is 0 Å². The summed E-state index contributed by atoms with van der Waals surface area (Å²) in [7, 11) is 0. The Morgan fingerprint density at radius 1 is 1.22 bits per heavy atom. The molecule has 0 aliphatic heterocycles. The van der Waals surface area contributed by atoms with E-state index >= 15 is 0 Å².